The van der Waals surface area contributed by atoms with Crippen LogP contribution in [0.1, 0.15) is 20.3 Å². The predicted molar refractivity (Wildman–Crippen MR) is 54.7 cm³/mol. The molecular weight excluding hydrogens is 162 g/mol. The van der Waals surface area contributed by atoms with Gasteiger partial charge in [-0.25, -0.2) is 0 Å². The van der Waals surface area contributed by atoms with Crippen LogP contribution in [0.25, 0.3) is 12.3 Å². The summed E-state index contributed by atoms with van der Waals surface area (Å²) in [7, 11) is 0. The van der Waals surface area contributed by atoms with Gasteiger partial charge >= 0.3 is 0 Å². The van der Waals surface area contributed by atoms with Gasteiger partial charge in [0.25, 0.3) is 0 Å². The van der Waals surface area contributed by atoms with Crippen LogP contribution < -0.4 is 10.4 Å². The Hall–Kier alpha value is -1.51. The molecule has 0 radical (unpaired) electrons. The molecule has 0 atom stereocenters. The zero-order chi connectivity index (χ0) is 9.52. The van der Waals surface area contributed by atoms with Crippen LogP contribution in [0.3, 0.4) is 0 Å². The molecule has 0 amide bonds. The number of aliphatic imine (C=N–C) groups is 1. The normalized spacial score (nSPS) is 12.5. The average Bonchev–Trinajstić information content (AvgIpc) is 2.45. The lowest BCUT2D eigenvalue weighted by Crippen LogP contribution is -2.24. The van der Waals surface area contributed by atoms with Gasteiger partial charge in [-0.3, -0.25) is 4.99 Å². The highest BCUT2D eigenvalue weighted by Crippen LogP contribution is 1.79. The Kier molecular flexibility index (Phi) is 3.82. The summed E-state index contributed by atoms with van der Waals surface area (Å²) < 4.78 is 0. The molecule has 1 aliphatic heterocycles. The van der Waals surface area contributed by atoms with E-state index < -0.39 is 0 Å². The average molecular weight is 175 g/mol. The molecule has 0 aromatic carbocycles. The van der Waals surface area contributed by atoms with Gasteiger partial charge in [-0.2, -0.15) is 10.2 Å². The number of rotatable bonds is 0. The van der Waals surface area contributed by atoms with E-state index in [4.69, 9.17) is 0 Å². The van der Waals surface area contributed by atoms with Crippen molar-refractivity contribution in [2.24, 2.45) is 4.99 Å². The van der Waals surface area contributed by atoms with E-state index in [1.807, 2.05) is 20.1 Å². The minimum Gasteiger partial charge on any atom is -0.268 e. The second kappa shape index (κ2) is 5.19. The third kappa shape index (κ3) is 2.47. The molecule has 0 saturated heterocycles. The second-order valence-electron chi connectivity index (χ2n) is 2.30. The van der Waals surface area contributed by atoms with E-state index in [0.29, 0.717) is 0 Å². The van der Waals surface area contributed by atoms with Crippen molar-refractivity contribution in [3.8, 4) is 0 Å². The minimum absolute atomic E-state index is 0.870. The van der Waals surface area contributed by atoms with Gasteiger partial charge in [-0.15, -0.1) is 0 Å². The Labute approximate surface area is 77.5 Å². The first-order valence-corrected chi connectivity index (χ1v) is 4.45. The number of fused-ring (bicyclic) bond motifs is 1. The van der Waals surface area contributed by atoms with Gasteiger partial charge in [-0.05, 0) is 0 Å². The molecule has 1 aliphatic rings. The summed E-state index contributed by atoms with van der Waals surface area (Å²) in [5.74, 6) is 0. The van der Waals surface area contributed by atoms with Gasteiger partial charge in [-0.1, -0.05) is 19.9 Å². The van der Waals surface area contributed by atoms with Crippen LogP contribution in [0.15, 0.2) is 17.4 Å². The molecule has 0 aliphatic carbocycles. The summed E-state index contributed by atoms with van der Waals surface area (Å²) in [6, 6.07) is 0. The lowest BCUT2D eigenvalue weighted by Gasteiger charge is -1.82. The highest BCUT2D eigenvalue weighted by molar-refractivity contribution is 5.68. The summed E-state index contributed by atoms with van der Waals surface area (Å²) in [5, 5.41) is 9.69. The molecule has 0 spiro atoms. The third-order valence-electron chi connectivity index (χ3n) is 1.56. The van der Waals surface area contributed by atoms with Crippen molar-refractivity contribution in [3.63, 3.8) is 0 Å². The van der Waals surface area contributed by atoms with Crippen molar-refractivity contribution in [1.29, 1.82) is 0 Å². The van der Waals surface area contributed by atoms with Crippen LogP contribution in [0.5, 0.6) is 0 Å². The maximum Gasteiger partial charge on any atom is 0.0590 e. The van der Waals surface area contributed by atoms with E-state index in [9.17, 15) is 0 Å². The molecular formula is C10H13N3. The first-order chi connectivity index (χ1) is 6.47. The number of hydrogen-bond acceptors (Lipinski definition) is 3. The molecule has 3 nitrogen and oxygen atoms in total. The summed E-state index contributed by atoms with van der Waals surface area (Å²) in [6.45, 7) is 4.00. The number of aromatic nitrogens is 2. The van der Waals surface area contributed by atoms with Crippen LogP contribution in [0.2, 0.25) is 0 Å². The Balaban J connectivity index is 0.000000396. The van der Waals surface area contributed by atoms with E-state index in [-0.39, 0.29) is 0 Å². The molecule has 2 heterocycles. The maximum atomic E-state index is 4.06. The molecule has 0 unspecified atom stereocenters. The van der Waals surface area contributed by atoms with Gasteiger partial charge in [0.05, 0.1) is 12.4 Å². The fourth-order valence-corrected chi connectivity index (χ4v) is 0.992. The zero-order valence-corrected chi connectivity index (χ0v) is 7.94. The Morgan fingerprint density at radius 2 is 1.77 bits per heavy atom. The Morgan fingerprint density at radius 1 is 1.08 bits per heavy atom. The highest BCUT2D eigenvalue weighted by atomic mass is 15.1. The fraction of sp³-hybridized carbons (Fsp3) is 0.300. The van der Waals surface area contributed by atoms with Crippen LogP contribution in [0, 0.1) is 0 Å². The molecule has 1 aromatic rings. The number of nitrogens with zero attached hydrogens (tertiary/aromatic N) is 3. The van der Waals surface area contributed by atoms with Crippen molar-refractivity contribution >= 4 is 18.5 Å². The van der Waals surface area contributed by atoms with Crippen molar-refractivity contribution in [2.45, 2.75) is 20.3 Å². The standard InChI is InChI=1S/C8H7N3.C2H6/c1-2-7-5-10-11-6-8(7)4-9-3-1;1-2/h2-6H,1H2;1-2H3. The van der Waals surface area contributed by atoms with Gasteiger partial charge in [0.1, 0.15) is 0 Å². The first kappa shape index (κ1) is 9.58. The topological polar surface area (TPSA) is 38.1 Å². The summed E-state index contributed by atoms with van der Waals surface area (Å²) in [5.41, 5.74) is 0. The van der Waals surface area contributed by atoms with E-state index in [0.717, 1.165) is 16.9 Å². The summed E-state index contributed by atoms with van der Waals surface area (Å²) in [4.78, 5) is 4.06. The van der Waals surface area contributed by atoms with E-state index in [1.165, 1.54) is 0 Å². The summed E-state index contributed by atoms with van der Waals surface area (Å²) in [6.07, 6.45) is 10.1. The van der Waals surface area contributed by atoms with Gasteiger partial charge in [0, 0.05) is 29.3 Å². The molecule has 0 saturated carbocycles. The molecule has 1 aromatic heterocycles. The van der Waals surface area contributed by atoms with E-state index in [2.05, 4.69) is 21.3 Å². The van der Waals surface area contributed by atoms with Crippen molar-refractivity contribution in [1.82, 2.24) is 10.2 Å². The van der Waals surface area contributed by atoms with Crippen LogP contribution in [-0.4, -0.2) is 16.4 Å². The minimum atomic E-state index is 0.870. The smallest absolute Gasteiger partial charge is 0.0590 e. The highest BCUT2D eigenvalue weighted by Gasteiger charge is 1.86. The van der Waals surface area contributed by atoms with Crippen LogP contribution in [0.4, 0.5) is 0 Å². The molecule has 0 N–H and O–H groups in total. The number of hydrogen-bond donors (Lipinski definition) is 0. The first-order valence-electron chi connectivity index (χ1n) is 4.45. The molecule has 68 valence electrons. The maximum absolute atomic E-state index is 4.06. The van der Waals surface area contributed by atoms with Gasteiger partial charge < -0.3 is 0 Å². The largest absolute Gasteiger partial charge is 0.268 e. The van der Waals surface area contributed by atoms with Crippen molar-refractivity contribution in [2.75, 3.05) is 0 Å². The molecule has 13 heavy (non-hydrogen) atoms. The van der Waals surface area contributed by atoms with Gasteiger partial charge in [0.2, 0.25) is 0 Å². The van der Waals surface area contributed by atoms with Crippen molar-refractivity contribution < 1.29 is 0 Å². The quantitative estimate of drug-likeness (QED) is 0.575. The Bertz CT molecular complexity index is 393. The lowest BCUT2D eigenvalue weighted by atomic mass is 10.3. The molecule has 0 bridgehead atoms. The van der Waals surface area contributed by atoms with E-state index >= 15 is 0 Å². The molecule has 0 fully saturated rings. The lowest BCUT2D eigenvalue weighted by molar-refractivity contribution is 1.01. The molecule has 3 heteroatoms. The monoisotopic (exact) mass is 175 g/mol. The van der Waals surface area contributed by atoms with Gasteiger partial charge in [0.15, 0.2) is 0 Å². The third-order valence-corrected chi connectivity index (χ3v) is 1.56. The zero-order valence-electron chi connectivity index (χ0n) is 7.94. The second-order valence-corrected chi connectivity index (χ2v) is 2.30. The predicted octanol–water partition coefficient (Wildman–Crippen LogP) is 0.496. The molecule has 2 rings (SSSR count). The summed E-state index contributed by atoms with van der Waals surface area (Å²) >= 11 is 0. The van der Waals surface area contributed by atoms with E-state index in [1.54, 1.807) is 18.6 Å². The SMILES string of the molecule is C1=NC=c2cnncc2=CC1.CC. The fourth-order valence-electron chi connectivity index (χ4n) is 0.992. The van der Waals surface area contributed by atoms with Crippen LogP contribution in [-0.2, 0) is 0 Å². The van der Waals surface area contributed by atoms with Crippen LogP contribution >= 0.6 is 0 Å². The Morgan fingerprint density at radius 3 is 2.54 bits per heavy atom. The van der Waals surface area contributed by atoms with Crippen molar-refractivity contribution in [3.05, 3.63) is 22.8 Å².